The van der Waals surface area contributed by atoms with Crippen LogP contribution in [-0.2, 0) is 28.4 Å². The largest absolute Gasteiger partial charge is 0.497 e. The maximum atomic E-state index is 7.58. The second-order valence-electron chi connectivity index (χ2n) is 14.5. The highest BCUT2D eigenvalue weighted by atomic mass is 16.5. The van der Waals surface area contributed by atoms with Crippen LogP contribution in [0.3, 0.4) is 0 Å². The minimum Gasteiger partial charge on any atom is -0.497 e. The van der Waals surface area contributed by atoms with E-state index in [0.29, 0.717) is 12.8 Å². The third kappa shape index (κ3) is 9.48. The number of methoxy groups -OCH3 is 2. The molecule has 0 heterocycles. The molecule has 0 fully saturated rings. The normalized spacial score (nSPS) is 12.8. The molecule has 0 amide bonds. The molecule has 0 bridgehead atoms. The number of para-hydroxylation sites is 2. The first kappa shape index (κ1) is 37.2. The van der Waals surface area contributed by atoms with Crippen LogP contribution < -0.4 is 18.9 Å². The summed E-state index contributed by atoms with van der Waals surface area (Å²) < 4.78 is 31.2. The quantitative estimate of drug-likeness (QED) is 0.100. The Hall–Kier alpha value is -5.52. The highest BCUT2D eigenvalue weighted by Gasteiger charge is 2.40. The summed E-state index contributed by atoms with van der Waals surface area (Å²) in [4.78, 5) is 0. The highest BCUT2D eigenvalue weighted by Crippen LogP contribution is 2.39. The molecule has 2 atom stereocenters. The number of hydrogen-bond acceptors (Lipinski definition) is 5. The van der Waals surface area contributed by atoms with Crippen molar-refractivity contribution in [3.63, 3.8) is 0 Å². The SMILES string of the molecule is COc1ccc(C(C)(C)C(Cc2cccc(Oc3ccccc3)c2)OC(Cc2cccc(Oc3ccccc3)c2)C(C)(C)c2ccc(OC)cc2)cc1. The summed E-state index contributed by atoms with van der Waals surface area (Å²) in [7, 11) is 3.39. The summed E-state index contributed by atoms with van der Waals surface area (Å²) in [6, 6.07) is 53.2. The van der Waals surface area contributed by atoms with Crippen LogP contribution in [0.25, 0.3) is 0 Å². The molecule has 53 heavy (non-hydrogen) atoms. The monoisotopic (exact) mass is 706 g/mol. The Labute approximate surface area is 315 Å². The van der Waals surface area contributed by atoms with Gasteiger partial charge in [0.05, 0.1) is 26.4 Å². The van der Waals surface area contributed by atoms with E-state index >= 15 is 0 Å². The molecule has 6 rings (SSSR count). The molecule has 0 N–H and O–H groups in total. The first-order chi connectivity index (χ1) is 25.6. The molecule has 2 unspecified atom stereocenters. The molecular formula is C48H50O5. The lowest BCUT2D eigenvalue weighted by Gasteiger charge is -2.43. The van der Waals surface area contributed by atoms with Gasteiger partial charge in [-0.05, 0) is 108 Å². The maximum absolute atomic E-state index is 7.58. The van der Waals surface area contributed by atoms with Gasteiger partial charge >= 0.3 is 0 Å². The summed E-state index contributed by atoms with van der Waals surface area (Å²) in [5.41, 5.74) is 3.80. The Morgan fingerprint density at radius 2 is 0.755 bits per heavy atom. The van der Waals surface area contributed by atoms with Crippen molar-refractivity contribution in [1.29, 1.82) is 0 Å². The van der Waals surface area contributed by atoms with Crippen LogP contribution in [0.2, 0.25) is 0 Å². The maximum Gasteiger partial charge on any atom is 0.127 e. The molecule has 0 radical (unpaired) electrons. The molecule has 0 saturated carbocycles. The smallest absolute Gasteiger partial charge is 0.127 e. The molecule has 5 heteroatoms. The first-order valence-corrected chi connectivity index (χ1v) is 18.2. The Bertz CT molecular complexity index is 1870. The summed E-state index contributed by atoms with van der Waals surface area (Å²) in [6.07, 6.45) is 0.873. The summed E-state index contributed by atoms with van der Waals surface area (Å²) >= 11 is 0. The standard InChI is InChI=1S/C48H50O5/c1-47(2,37-23-27-39(49-5)28-24-37)45(33-35-15-13-21-43(31-35)51-41-17-9-7-10-18-41)53-46(48(3,4)38-25-29-40(50-6)30-26-38)34-36-16-14-22-44(32-36)52-42-19-11-8-12-20-42/h7-32,45-46H,33-34H2,1-6H3. The number of ether oxygens (including phenoxy) is 5. The minimum atomic E-state index is -0.394. The van der Waals surface area contributed by atoms with Gasteiger partial charge in [0.15, 0.2) is 0 Å². The average molecular weight is 707 g/mol. The van der Waals surface area contributed by atoms with E-state index < -0.39 is 10.8 Å². The minimum absolute atomic E-state index is 0.228. The summed E-state index contributed by atoms with van der Waals surface area (Å²) in [5.74, 6) is 4.83. The van der Waals surface area contributed by atoms with E-state index in [9.17, 15) is 0 Å². The van der Waals surface area contributed by atoms with Crippen LogP contribution in [0.1, 0.15) is 49.9 Å². The van der Waals surface area contributed by atoms with Crippen molar-refractivity contribution >= 4 is 0 Å². The molecule has 0 aliphatic carbocycles. The van der Waals surface area contributed by atoms with Crippen LogP contribution in [0, 0.1) is 0 Å². The molecule has 6 aromatic rings. The van der Waals surface area contributed by atoms with Crippen molar-refractivity contribution in [2.24, 2.45) is 0 Å². The lowest BCUT2D eigenvalue weighted by Crippen LogP contribution is -2.46. The molecule has 272 valence electrons. The van der Waals surface area contributed by atoms with E-state index in [1.54, 1.807) is 14.2 Å². The van der Waals surface area contributed by atoms with Gasteiger partial charge in [-0.2, -0.15) is 0 Å². The molecular weight excluding hydrogens is 657 g/mol. The van der Waals surface area contributed by atoms with Crippen LogP contribution in [0.5, 0.6) is 34.5 Å². The molecule has 0 aliphatic heterocycles. The van der Waals surface area contributed by atoms with Gasteiger partial charge in [-0.1, -0.05) is 113 Å². The predicted octanol–water partition coefficient (Wildman–Crippen LogP) is 11.8. The van der Waals surface area contributed by atoms with Gasteiger partial charge < -0.3 is 23.7 Å². The van der Waals surface area contributed by atoms with Crippen LogP contribution in [-0.4, -0.2) is 26.4 Å². The van der Waals surface area contributed by atoms with E-state index in [2.05, 4.69) is 88.4 Å². The van der Waals surface area contributed by atoms with Crippen LogP contribution in [0.15, 0.2) is 158 Å². The molecule has 5 nitrogen and oxygen atoms in total. The van der Waals surface area contributed by atoms with Crippen molar-refractivity contribution in [3.05, 3.63) is 180 Å². The van der Waals surface area contributed by atoms with Crippen molar-refractivity contribution in [2.75, 3.05) is 14.2 Å². The van der Waals surface area contributed by atoms with E-state index in [1.165, 1.54) is 11.1 Å². The fourth-order valence-electron chi connectivity index (χ4n) is 6.71. The molecule has 0 saturated heterocycles. The highest BCUT2D eigenvalue weighted by molar-refractivity contribution is 5.39. The topological polar surface area (TPSA) is 46.2 Å². The van der Waals surface area contributed by atoms with E-state index in [0.717, 1.165) is 45.6 Å². The zero-order valence-electron chi connectivity index (χ0n) is 31.6. The van der Waals surface area contributed by atoms with E-state index in [1.807, 2.05) is 97.1 Å². The second-order valence-corrected chi connectivity index (χ2v) is 14.5. The van der Waals surface area contributed by atoms with E-state index in [-0.39, 0.29) is 12.2 Å². The van der Waals surface area contributed by atoms with Gasteiger partial charge in [0, 0.05) is 10.8 Å². The number of hydrogen-bond donors (Lipinski definition) is 0. The first-order valence-electron chi connectivity index (χ1n) is 18.2. The summed E-state index contributed by atoms with van der Waals surface area (Å²) in [5, 5.41) is 0. The molecule has 0 spiro atoms. The average Bonchev–Trinajstić information content (AvgIpc) is 3.18. The molecule has 6 aromatic carbocycles. The Morgan fingerprint density at radius 1 is 0.396 bits per heavy atom. The lowest BCUT2D eigenvalue weighted by molar-refractivity contribution is -0.0753. The van der Waals surface area contributed by atoms with Gasteiger partial charge in [0.2, 0.25) is 0 Å². The van der Waals surface area contributed by atoms with Crippen molar-refractivity contribution < 1.29 is 23.7 Å². The zero-order valence-corrected chi connectivity index (χ0v) is 31.6. The summed E-state index contributed by atoms with van der Waals surface area (Å²) in [6.45, 7) is 9.09. The van der Waals surface area contributed by atoms with Crippen molar-refractivity contribution in [2.45, 2.75) is 63.6 Å². The van der Waals surface area contributed by atoms with Gasteiger partial charge in [-0.25, -0.2) is 0 Å². The van der Waals surface area contributed by atoms with Crippen molar-refractivity contribution in [3.8, 4) is 34.5 Å². The van der Waals surface area contributed by atoms with Gasteiger partial charge in [-0.3, -0.25) is 0 Å². The third-order valence-electron chi connectivity index (χ3n) is 10.2. The lowest BCUT2D eigenvalue weighted by atomic mass is 9.74. The third-order valence-corrected chi connectivity index (χ3v) is 10.2. The number of rotatable bonds is 16. The van der Waals surface area contributed by atoms with Crippen LogP contribution in [0.4, 0.5) is 0 Å². The molecule has 0 aliphatic rings. The van der Waals surface area contributed by atoms with E-state index in [4.69, 9.17) is 23.7 Å². The second kappa shape index (κ2) is 16.9. The fourth-order valence-corrected chi connectivity index (χ4v) is 6.71. The fraction of sp³-hybridized carbons (Fsp3) is 0.250. The Morgan fingerprint density at radius 3 is 1.11 bits per heavy atom. The predicted molar refractivity (Wildman–Crippen MR) is 214 cm³/mol. The number of benzene rings is 6. The van der Waals surface area contributed by atoms with Gasteiger partial charge in [0.25, 0.3) is 0 Å². The zero-order chi connectivity index (χ0) is 37.3. The van der Waals surface area contributed by atoms with Gasteiger partial charge in [-0.15, -0.1) is 0 Å². The Balaban J connectivity index is 1.38. The van der Waals surface area contributed by atoms with Crippen molar-refractivity contribution in [1.82, 2.24) is 0 Å². The van der Waals surface area contributed by atoms with Crippen LogP contribution >= 0.6 is 0 Å². The van der Waals surface area contributed by atoms with Gasteiger partial charge in [0.1, 0.15) is 34.5 Å². The molecule has 0 aromatic heterocycles. The Kier molecular flexibility index (Phi) is 11.9.